The molecule has 0 aromatic carbocycles. The number of rotatable bonds is 5. The van der Waals surface area contributed by atoms with Gasteiger partial charge in [-0.1, -0.05) is 5.16 Å². The van der Waals surface area contributed by atoms with Gasteiger partial charge in [-0.25, -0.2) is 0 Å². The molecule has 0 saturated carbocycles. The molecule has 0 aliphatic heterocycles. The van der Waals surface area contributed by atoms with Crippen molar-refractivity contribution in [3.8, 4) is 0 Å². The molecule has 2 aromatic rings. The Morgan fingerprint density at radius 2 is 2.38 bits per heavy atom. The lowest BCUT2D eigenvalue weighted by Gasteiger charge is -2.00. The first-order chi connectivity index (χ1) is 10.1. The molecule has 0 spiro atoms. The van der Waals surface area contributed by atoms with Gasteiger partial charge in [0.15, 0.2) is 0 Å². The number of carbonyl (C=O) groups excluding carboxylic acids is 1. The third-order valence-corrected chi connectivity index (χ3v) is 2.99. The molecule has 2 heterocycles. The van der Waals surface area contributed by atoms with Crippen molar-refractivity contribution >= 4 is 11.7 Å². The molecule has 0 aliphatic rings. The van der Waals surface area contributed by atoms with E-state index in [1.807, 2.05) is 19.2 Å². The predicted molar refractivity (Wildman–Crippen MR) is 76.7 cm³/mol. The van der Waals surface area contributed by atoms with E-state index < -0.39 is 0 Å². The second kappa shape index (κ2) is 6.67. The molecule has 0 saturated heterocycles. The van der Waals surface area contributed by atoms with Crippen molar-refractivity contribution in [1.29, 1.82) is 5.41 Å². The molecule has 0 unspecified atom stereocenters. The van der Waals surface area contributed by atoms with E-state index in [-0.39, 0.29) is 11.7 Å². The maximum Gasteiger partial charge on any atom is 0.273 e. The standard InChI is InChI=1S/C14H17N5O2/c1-9-11(10(2)21-19-9)8-16-7-5-13(15)18-14(20)12-4-3-6-17-12/h3-7,16-17H,8H2,1-2H3,(H2,15,18,20)/p+1. The number of nitrogens with zero attached hydrogens (tertiary/aromatic N) is 1. The second-order valence-electron chi connectivity index (χ2n) is 4.55. The maximum absolute atomic E-state index is 11.7. The van der Waals surface area contributed by atoms with Crippen LogP contribution in [0.5, 0.6) is 0 Å². The number of quaternary nitrogens is 1. The molecule has 7 nitrogen and oxygen atoms in total. The minimum absolute atomic E-state index is 0.0320. The summed E-state index contributed by atoms with van der Waals surface area (Å²) in [5, 5.41) is 15.9. The summed E-state index contributed by atoms with van der Waals surface area (Å²) in [7, 11) is 0. The lowest BCUT2D eigenvalue weighted by atomic mass is 10.2. The Labute approximate surface area is 121 Å². The molecule has 7 heteroatoms. The third kappa shape index (κ3) is 3.90. The van der Waals surface area contributed by atoms with Gasteiger partial charge in [-0.05, 0) is 26.0 Å². The highest BCUT2D eigenvalue weighted by Gasteiger charge is 2.09. The third-order valence-electron chi connectivity index (χ3n) is 2.99. The largest absolute Gasteiger partial charge is 0.361 e. The summed E-state index contributed by atoms with van der Waals surface area (Å²) in [5.74, 6) is 0.497. The first-order valence-corrected chi connectivity index (χ1v) is 6.53. The van der Waals surface area contributed by atoms with E-state index in [0.717, 1.165) is 17.0 Å². The lowest BCUT2D eigenvalue weighted by molar-refractivity contribution is -0.604. The van der Waals surface area contributed by atoms with Gasteiger partial charge in [0.2, 0.25) is 0 Å². The number of nitrogens with two attached hydrogens (primary N) is 1. The minimum atomic E-state index is -0.333. The van der Waals surface area contributed by atoms with Crippen LogP contribution in [0.3, 0.4) is 0 Å². The van der Waals surface area contributed by atoms with E-state index in [1.54, 1.807) is 24.5 Å². The zero-order chi connectivity index (χ0) is 15.2. The number of amides is 1. The van der Waals surface area contributed by atoms with Crippen molar-refractivity contribution in [2.45, 2.75) is 20.4 Å². The normalized spacial score (nSPS) is 11.0. The van der Waals surface area contributed by atoms with Crippen LogP contribution in [-0.4, -0.2) is 21.9 Å². The number of nitrogens with one attached hydrogen (secondary N) is 3. The van der Waals surface area contributed by atoms with Gasteiger partial charge in [-0.2, -0.15) is 0 Å². The fourth-order valence-corrected chi connectivity index (χ4v) is 1.85. The van der Waals surface area contributed by atoms with Gasteiger partial charge in [0.25, 0.3) is 5.91 Å². The van der Waals surface area contributed by atoms with Crippen LogP contribution in [0.15, 0.2) is 35.1 Å². The molecule has 0 aliphatic carbocycles. The zero-order valence-electron chi connectivity index (χ0n) is 11.9. The Balaban J connectivity index is 1.79. The molecule has 2 rings (SSSR count). The molecule has 0 fully saturated rings. The van der Waals surface area contributed by atoms with Crippen LogP contribution in [0.4, 0.5) is 0 Å². The lowest BCUT2D eigenvalue weighted by Crippen LogP contribution is -2.76. The predicted octanol–water partition coefficient (Wildman–Crippen LogP) is 0.604. The van der Waals surface area contributed by atoms with Gasteiger partial charge in [0.05, 0.1) is 17.5 Å². The van der Waals surface area contributed by atoms with E-state index in [9.17, 15) is 4.79 Å². The van der Waals surface area contributed by atoms with Crippen LogP contribution in [0, 0.1) is 19.3 Å². The highest BCUT2D eigenvalue weighted by atomic mass is 16.5. The number of hydrogen-bond acceptors (Lipinski definition) is 4. The Morgan fingerprint density at radius 1 is 1.57 bits per heavy atom. The van der Waals surface area contributed by atoms with Crippen LogP contribution >= 0.6 is 0 Å². The van der Waals surface area contributed by atoms with Crippen molar-refractivity contribution in [2.75, 3.05) is 0 Å². The van der Waals surface area contributed by atoms with Gasteiger partial charge >= 0.3 is 0 Å². The van der Waals surface area contributed by atoms with E-state index in [4.69, 9.17) is 9.93 Å². The summed E-state index contributed by atoms with van der Waals surface area (Å²) < 4.78 is 5.07. The molecular weight excluding hydrogens is 270 g/mol. The Kier molecular flexibility index (Phi) is 4.68. The SMILES string of the molecule is Cc1noc(C)c1C[NH2+]C=CC(=N)NC(=O)c1ccc[nH]1. The molecule has 1 amide bonds. The molecule has 0 bridgehead atoms. The average Bonchev–Trinajstić information content (AvgIpc) is 3.07. The Bertz CT molecular complexity index is 635. The first kappa shape index (κ1) is 14.7. The second-order valence-corrected chi connectivity index (χ2v) is 4.55. The highest BCUT2D eigenvalue weighted by Crippen LogP contribution is 2.09. The summed E-state index contributed by atoms with van der Waals surface area (Å²) >= 11 is 0. The van der Waals surface area contributed by atoms with Crippen LogP contribution in [0.2, 0.25) is 0 Å². The van der Waals surface area contributed by atoms with E-state index in [2.05, 4.69) is 15.5 Å². The Morgan fingerprint density at radius 3 is 3.00 bits per heavy atom. The number of aromatic nitrogens is 2. The fourth-order valence-electron chi connectivity index (χ4n) is 1.85. The maximum atomic E-state index is 11.7. The summed E-state index contributed by atoms with van der Waals surface area (Å²) in [6.07, 6.45) is 4.91. The molecule has 5 N–H and O–H groups in total. The zero-order valence-corrected chi connectivity index (χ0v) is 11.9. The average molecular weight is 288 g/mol. The van der Waals surface area contributed by atoms with Gasteiger partial charge in [-0.3, -0.25) is 10.2 Å². The number of aromatic amines is 1. The van der Waals surface area contributed by atoms with Crippen LogP contribution in [-0.2, 0) is 6.54 Å². The number of carbonyl (C=O) groups is 1. The minimum Gasteiger partial charge on any atom is -0.361 e. The smallest absolute Gasteiger partial charge is 0.273 e. The molecule has 0 atom stereocenters. The van der Waals surface area contributed by atoms with Crippen molar-refractivity contribution in [2.24, 2.45) is 0 Å². The molecule has 21 heavy (non-hydrogen) atoms. The molecule has 110 valence electrons. The number of amidine groups is 1. The van der Waals surface area contributed by atoms with Crippen LogP contribution < -0.4 is 10.6 Å². The number of H-pyrrole nitrogens is 1. The number of aryl methyl sites for hydroxylation is 2. The molecule has 2 aromatic heterocycles. The van der Waals surface area contributed by atoms with Gasteiger partial charge in [-0.15, -0.1) is 0 Å². The summed E-state index contributed by atoms with van der Waals surface area (Å²) in [6.45, 7) is 4.43. The van der Waals surface area contributed by atoms with Crippen molar-refractivity contribution in [1.82, 2.24) is 15.5 Å². The van der Waals surface area contributed by atoms with Gasteiger partial charge in [0, 0.05) is 12.3 Å². The summed E-state index contributed by atoms with van der Waals surface area (Å²) in [4.78, 5) is 14.5. The van der Waals surface area contributed by atoms with Crippen LogP contribution in [0.25, 0.3) is 0 Å². The van der Waals surface area contributed by atoms with E-state index >= 15 is 0 Å². The van der Waals surface area contributed by atoms with Crippen LogP contribution in [0.1, 0.15) is 27.5 Å². The Hall–Kier alpha value is -2.67. The summed E-state index contributed by atoms with van der Waals surface area (Å²) in [5.41, 5.74) is 2.33. The van der Waals surface area contributed by atoms with Crippen molar-refractivity contribution in [3.05, 3.63) is 53.3 Å². The fraction of sp³-hybridized carbons (Fsp3) is 0.214. The van der Waals surface area contributed by atoms with E-state index in [0.29, 0.717) is 12.2 Å². The first-order valence-electron chi connectivity index (χ1n) is 6.53. The van der Waals surface area contributed by atoms with Gasteiger partial charge in [0.1, 0.15) is 23.8 Å². The quantitative estimate of drug-likeness (QED) is 0.477. The van der Waals surface area contributed by atoms with Crippen molar-refractivity contribution < 1.29 is 14.6 Å². The monoisotopic (exact) mass is 288 g/mol. The molecular formula is C14H18N5O2+. The molecule has 0 radical (unpaired) electrons. The van der Waals surface area contributed by atoms with Gasteiger partial charge < -0.3 is 20.1 Å². The number of hydrogen-bond donors (Lipinski definition) is 4. The summed E-state index contributed by atoms with van der Waals surface area (Å²) in [6, 6.07) is 3.38. The van der Waals surface area contributed by atoms with E-state index in [1.165, 1.54) is 6.08 Å². The van der Waals surface area contributed by atoms with Crippen molar-refractivity contribution in [3.63, 3.8) is 0 Å². The topological polar surface area (TPSA) is 111 Å². The highest BCUT2D eigenvalue weighted by molar-refractivity contribution is 6.08.